The Bertz CT molecular complexity index is 456. The van der Waals surface area contributed by atoms with E-state index in [1.54, 1.807) is 12.1 Å². The fourth-order valence-electron chi connectivity index (χ4n) is 2.97. The Kier molecular flexibility index (Phi) is 5.05. The maximum absolute atomic E-state index is 14.1. The Morgan fingerprint density at radius 3 is 2.55 bits per heavy atom. The van der Waals surface area contributed by atoms with Crippen LogP contribution in [0.1, 0.15) is 44.7 Å². The van der Waals surface area contributed by atoms with Gasteiger partial charge in [0.1, 0.15) is 5.82 Å². The molecular weight excluding hydrogens is 275 g/mol. The van der Waals surface area contributed by atoms with E-state index in [-0.39, 0.29) is 11.9 Å². The summed E-state index contributed by atoms with van der Waals surface area (Å²) in [6, 6.07) is 4.83. The highest BCUT2D eigenvalue weighted by Gasteiger charge is 2.32. The highest BCUT2D eigenvalue weighted by atomic mass is 35.5. The van der Waals surface area contributed by atoms with Crippen molar-refractivity contribution in [2.75, 3.05) is 19.6 Å². The van der Waals surface area contributed by atoms with Crippen molar-refractivity contribution in [1.82, 2.24) is 4.90 Å². The van der Waals surface area contributed by atoms with Crippen molar-refractivity contribution < 1.29 is 4.39 Å². The predicted molar refractivity (Wildman–Crippen MR) is 82.4 cm³/mol. The van der Waals surface area contributed by atoms with Crippen LogP contribution in [-0.4, -0.2) is 24.5 Å². The van der Waals surface area contributed by atoms with Crippen LogP contribution < -0.4 is 5.73 Å². The summed E-state index contributed by atoms with van der Waals surface area (Å²) in [5.74, 6) is -0.253. The van der Waals surface area contributed by atoms with Crippen molar-refractivity contribution in [2.24, 2.45) is 11.1 Å². The van der Waals surface area contributed by atoms with Crippen molar-refractivity contribution in [3.8, 4) is 0 Å². The number of hydrogen-bond donors (Lipinski definition) is 1. The summed E-state index contributed by atoms with van der Waals surface area (Å²) in [4.78, 5) is 2.31. The molecule has 1 aliphatic heterocycles. The zero-order chi connectivity index (χ0) is 14.8. The van der Waals surface area contributed by atoms with Crippen LogP contribution in [0, 0.1) is 11.2 Å². The second kappa shape index (κ2) is 6.42. The lowest BCUT2D eigenvalue weighted by molar-refractivity contribution is 0.0816. The van der Waals surface area contributed by atoms with Crippen LogP contribution in [0.25, 0.3) is 0 Å². The summed E-state index contributed by atoms with van der Waals surface area (Å²) >= 11 is 5.82. The molecule has 0 radical (unpaired) electrons. The third kappa shape index (κ3) is 3.33. The molecule has 1 aromatic carbocycles. The van der Waals surface area contributed by atoms with Crippen molar-refractivity contribution in [1.29, 1.82) is 0 Å². The monoisotopic (exact) mass is 298 g/mol. The van der Waals surface area contributed by atoms with Crippen LogP contribution in [0.3, 0.4) is 0 Å². The Hall–Kier alpha value is -0.640. The molecule has 1 aromatic rings. The van der Waals surface area contributed by atoms with Crippen molar-refractivity contribution in [3.05, 3.63) is 34.6 Å². The Balaban J connectivity index is 2.13. The van der Waals surface area contributed by atoms with Gasteiger partial charge in [0.25, 0.3) is 0 Å². The number of nitrogens with zero attached hydrogens (tertiary/aromatic N) is 1. The first kappa shape index (κ1) is 15.7. The maximum Gasteiger partial charge on any atom is 0.129 e. The molecule has 4 heteroatoms. The number of rotatable bonds is 4. The lowest BCUT2D eigenvalue weighted by Crippen LogP contribution is -2.43. The molecule has 20 heavy (non-hydrogen) atoms. The summed E-state index contributed by atoms with van der Waals surface area (Å²) in [5, 5.41) is 0.430. The lowest BCUT2D eigenvalue weighted by Gasteiger charge is -2.42. The van der Waals surface area contributed by atoms with Crippen LogP contribution in [-0.2, 0) is 0 Å². The molecule has 2 rings (SSSR count). The van der Waals surface area contributed by atoms with Crippen LogP contribution in [0.4, 0.5) is 4.39 Å². The van der Waals surface area contributed by atoms with E-state index in [1.807, 2.05) is 0 Å². The third-order valence-corrected chi connectivity index (χ3v) is 5.08. The molecule has 1 heterocycles. The average Bonchev–Trinajstić information content (AvgIpc) is 2.44. The van der Waals surface area contributed by atoms with Gasteiger partial charge in [-0.2, -0.15) is 0 Å². The largest absolute Gasteiger partial charge is 0.329 e. The van der Waals surface area contributed by atoms with E-state index in [4.69, 9.17) is 17.3 Å². The van der Waals surface area contributed by atoms with Gasteiger partial charge in [0.05, 0.1) is 0 Å². The molecule has 0 spiro atoms. The van der Waals surface area contributed by atoms with Gasteiger partial charge in [0.15, 0.2) is 0 Å². The van der Waals surface area contributed by atoms with Gasteiger partial charge in [-0.1, -0.05) is 37.9 Å². The SMILES string of the molecule is CCC1(C)CCN(C(CN)c2ccc(Cl)cc2F)CC1. The van der Waals surface area contributed by atoms with Gasteiger partial charge in [0, 0.05) is 23.2 Å². The molecule has 112 valence electrons. The van der Waals surface area contributed by atoms with Crippen molar-refractivity contribution in [3.63, 3.8) is 0 Å². The van der Waals surface area contributed by atoms with Gasteiger partial charge in [0.2, 0.25) is 0 Å². The molecule has 0 bridgehead atoms. The summed E-state index contributed by atoms with van der Waals surface area (Å²) in [6.07, 6.45) is 3.49. The second-order valence-electron chi connectivity index (χ2n) is 6.12. The predicted octanol–water partition coefficient (Wildman–Crippen LogP) is 3.99. The zero-order valence-corrected chi connectivity index (χ0v) is 13.1. The minimum atomic E-state index is -0.253. The Labute approximate surface area is 126 Å². The van der Waals surface area contributed by atoms with Crippen LogP contribution in [0.15, 0.2) is 18.2 Å². The smallest absolute Gasteiger partial charge is 0.129 e. The van der Waals surface area contributed by atoms with E-state index < -0.39 is 0 Å². The molecular formula is C16H24ClFN2. The molecule has 2 N–H and O–H groups in total. The standard InChI is InChI=1S/C16H24ClFN2/c1-3-16(2)6-8-20(9-7-16)15(11-19)13-5-4-12(17)10-14(13)18/h4-5,10,15H,3,6-9,11,19H2,1-2H3. The molecule has 1 unspecified atom stereocenters. The van der Waals surface area contributed by atoms with E-state index in [9.17, 15) is 4.39 Å². The molecule has 0 aliphatic carbocycles. The van der Waals surface area contributed by atoms with Crippen LogP contribution >= 0.6 is 11.6 Å². The Morgan fingerprint density at radius 1 is 1.40 bits per heavy atom. The molecule has 1 saturated heterocycles. The van der Waals surface area contributed by atoms with Gasteiger partial charge < -0.3 is 5.73 Å². The van der Waals surface area contributed by atoms with Gasteiger partial charge >= 0.3 is 0 Å². The minimum Gasteiger partial charge on any atom is -0.329 e. The minimum absolute atomic E-state index is 0.0475. The van der Waals surface area contributed by atoms with Crippen LogP contribution in [0.5, 0.6) is 0 Å². The van der Waals surface area contributed by atoms with Crippen molar-refractivity contribution in [2.45, 2.75) is 39.2 Å². The van der Waals surface area contributed by atoms with Crippen LogP contribution in [0.2, 0.25) is 5.02 Å². The zero-order valence-electron chi connectivity index (χ0n) is 12.3. The number of benzene rings is 1. The molecule has 1 aliphatic rings. The number of nitrogens with two attached hydrogens (primary N) is 1. The molecule has 0 amide bonds. The molecule has 0 aromatic heterocycles. The fraction of sp³-hybridized carbons (Fsp3) is 0.625. The fourth-order valence-corrected chi connectivity index (χ4v) is 3.13. The Morgan fingerprint density at radius 2 is 2.05 bits per heavy atom. The average molecular weight is 299 g/mol. The van der Waals surface area contributed by atoms with Gasteiger partial charge in [-0.15, -0.1) is 0 Å². The maximum atomic E-state index is 14.1. The first-order valence-electron chi connectivity index (χ1n) is 7.38. The topological polar surface area (TPSA) is 29.3 Å². The number of piperidine rings is 1. The normalized spacial score (nSPS) is 20.9. The number of hydrogen-bond acceptors (Lipinski definition) is 2. The van der Waals surface area contributed by atoms with Crippen molar-refractivity contribution >= 4 is 11.6 Å². The number of halogens is 2. The second-order valence-corrected chi connectivity index (χ2v) is 6.55. The lowest BCUT2D eigenvalue weighted by atomic mass is 9.78. The van der Waals surface area contributed by atoms with E-state index in [0.717, 1.165) is 25.9 Å². The molecule has 2 nitrogen and oxygen atoms in total. The first-order valence-corrected chi connectivity index (χ1v) is 7.76. The van der Waals surface area contributed by atoms with E-state index in [0.29, 0.717) is 22.5 Å². The first-order chi connectivity index (χ1) is 9.49. The highest BCUT2D eigenvalue weighted by Crippen LogP contribution is 2.37. The summed E-state index contributed by atoms with van der Waals surface area (Å²) in [5.41, 5.74) is 6.99. The van der Waals surface area contributed by atoms with E-state index in [1.165, 1.54) is 12.5 Å². The highest BCUT2D eigenvalue weighted by molar-refractivity contribution is 6.30. The van der Waals surface area contributed by atoms with E-state index >= 15 is 0 Å². The van der Waals surface area contributed by atoms with Gasteiger partial charge in [-0.05, 0) is 43.5 Å². The van der Waals surface area contributed by atoms with Gasteiger partial charge in [-0.3, -0.25) is 4.90 Å². The summed E-state index contributed by atoms with van der Waals surface area (Å²) in [6.45, 7) is 6.98. The quantitative estimate of drug-likeness (QED) is 0.910. The summed E-state index contributed by atoms with van der Waals surface area (Å²) < 4.78 is 14.1. The molecule has 1 fully saturated rings. The van der Waals surface area contributed by atoms with E-state index in [2.05, 4.69) is 18.7 Å². The molecule has 1 atom stereocenters. The number of likely N-dealkylation sites (tertiary alicyclic amines) is 1. The molecule has 0 saturated carbocycles. The third-order valence-electron chi connectivity index (χ3n) is 4.84. The summed E-state index contributed by atoms with van der Waals surface area (Å²) in [7, 11) is 0. The van der Waals surface area contributed by atoms with Gasteiger partial charge in [-0.25, -0.2) is 4.39 Å².